The summed E-state index contributed by atoms with van der Waals surface area (Å²) in [7, 11) is 1.38. The molecule has 1 amide bonds. The predicted molar refractivity (Wildman–Crippen MR) is 86.6 cm³/mol. The molecule has 0 aromatic heterocycles. The zero-order valence-corrected chi connectivity index (χ0v) is 13.4. The number of carbonyl (C=O) groups excluding carboxylic acids is 1. The standard InChI is InChI=1S/C18H20FNO3/c1-12-6-4-5-7-16(12)23-11-13(2)20-18(21)14-8-9-17(22-3)15(19)10-14/h4-10,13H,11H2,1-3H3,(H,20,21)/t13-/m1/s1. The first-order valence-corrected chi connectivity index (χ1v) is 7.34. The normalized spacial score (nSPS) is 11.7. The van der Waals surface area contributed by atoms with Gasteiger partial charge in [-0.05, 0) is 43.7 Å². The Bertz CT molecular complexity index is 688. The van der Waals surface area contributed by atoms with Crippen LogP contribution in [-0.2, 0) is 0 Å². The van der Waals surface area contributed by atoms with Crippen LogP contribution >= 0.6 is 0 Å². The summed E-state index contributed by atoms with van der Waals surface area (Å²) in [6.07, 6.45) is 0. The minimum absolute atomic E-state index is 0.109. The number of nitrogens with one attached hydrogen (secondary N) is 1. The van der Waals surface area contributed by atoms with Crippen molar-refractivity contribution in [1.82, 2.24) is 5.32 Å². The highest BCUT2D eigenvalue weighted by molar-refractivity contribution is 5.94. The quantitative estimate of drug-likeness (QED) is 0.889. The van der Waals surface area contributed by atoms with Gasteiger partial charge >= 0.3 is 0 Å². The third-order valence-electron chi connectivity index (χ3n) is 3.37. The van der Waals surface area contributed by atoms with Crippen LogP contribution in [0.25, 0.3) is 0 Å². The lowest BCUT2D eigenvalue weighted by molar-refractivity contribution is 0.0926. The van der Waals surface area contributed by atoms with E-state index < -0.39 is 5.82 Å². The van der Waals surface area contributed by atoms with Crippen molar-refractivity contribution in [1.29, 1.82) is 0 Å². The molecule has 0 saturated heterocycles. The molecule has 2 aromatic rings. The molecule has 23 heavy (non-hydrogen) atoms. The molecule has 1 N–H and O–H groups in total. The summed E-state index contributed by atoms with van der Waals surface area (Å²) >= 11 is 0. The van der Waals surface area contributed by atoms with Gasteiger partial charge in [0.25, 0.3) is 5.91 Å². The van der Waals surface area contributed by atoms with Crippen molar-refractivity contribution >= 4 is 5.91 Å². The SMILES string of the molecule is COc1ccc(C(=O)N[C@H](C)COc2ccccc2C)cc1F. The molecule has 0 aliphatic rings. The second-order valence-corrected chi connectivity index (χ2v) is 5.30. The number of methoxy groups -OCH3 is 1. The summed E-state index contributed by atoms with van der Waals surface area (Å²) in [6, 6.07) is 11.6. The van der Waals surface area contributed by atoms with Gasteiger partial charge in [-0.1, -0.05) is 18.2 Å². The number of hydrogen-bond acceptors (Lipinski definition) is 3. The molecule has 0 aliphatic heterocycles. The fourth-order valence-electron chi connectivity index (χ4n) is 2.09. The number of ether oxygens (including phenoxy) is 2. The number of benzene rings is 2. The molecule has 4 nitrogen and oxygen atoms in total. The first-order chi connectivity index (χ1) is 11.0. The third kappa shape index (κ3) is 4.45. The minimum Gasteiger partial charge on any atom is -0.494 e. The smallest absolute Gasteiger partial charge is 0.251 e. The summed E-state index contributed by atoms with van der Waals surface area (Å²) in [5, 5.41) is 2.78. The molecular formula is C18H20FNO3. The molecule has 122 valence electrons. The number of aryl methyl sites for hydroxylation is 1. The lowest BCUT2D eigenvalue weighted by Gasteiger charge is -2.16. The molecule has 2 aromatic carbocycles. The number of carbonyl (C=O) groups is 1. The summed E-state index contributed by atoms with van der Waals surface area (Å²) in [5.74, 6) is -0.0297. The van der Waals surface area contributed by atoms with Gasteiger partial charge in [0.2, 0.25) is 0 Å². The molecule has 0 heterocycles. The van der Waals surface area contributed by atoms with Crippen LogP contribution in [0, 0.1) is 12.7 Å². The molecule has 0 spiro atoms. The van der Waals surface area contributed by atoms with Crippen LogP contribution in [0.15, 0.2) is 42.5 Å². The second-order valence-electron chi connectivity index (χ2n) is 5.30. The Morgan fingerprint density at radius 2 is 1.96 bits per heavy atom. The van der Waals surface area contributed by atoms with E-state index in [4.69, 9.17) is 9.47 Å². The average Bonchev–Trinajstić information content (AvgIpc) is 2.54. The monoisotopic (exact) mass is 317 g/mol. The number of halogens is 1. The van der Waals surface area contributed by atoms with Gasteiger partial charge in [-0.15, -0.1) is 0 Å². The van der Waals surface area contributed by atoms with Gasteiger partial charge < -0.3 is 14.8 Å². The number of amides is 1. The van der Waals surface area contributed by atoms with E-state index in [0.717, 1.165) is 17.4 Å². The van der Waals surface area contributed by atoms with Crippen molar-refractivity contribution in [3.8, 4) is 11.5 Å². The van der Waals surface area contributed by atoms with E-state index in [1.165, 1.54) is 19.2 Å². The number of hydrogen-bond donors (Lipinski definition) is 1. The maximum absolute atomic E-state index is 13.6. The van der Waals surface area contributed by atoms with Gasteiger partial charge in [0.1, 0.15) is 12.4 Å². The molecular weight excluding hydrogens is 297 g/mol. The molecule has 0 bridgehead atoms. The van der Waals surface area contributed by atoms with Gasteiger partial charge in [0.05, 0.1) is 13.2 Å². The van der Waals surface area contributed by atoms with Crippen LogP contribution in [0.2, 0.25) is 0 Å². The van der Waals surface area contributed by atoms with Crippen LogP contribution in [0.5, 0.6) is 11.5 Å². The Morgan fingerprint density at radius 1 is 1.22 bits per heavy atom. The second kappa shape index (κ2) is 7.63. The van der Waals surface area contributed by atoms with E-state index in [9.17, 15) is 9.18 Å². The highest BCUT2D eigenvalue weighted by Crippen LogP contribution is 2.18. The minimum atomic E-state index is -0.566. The van der Waals surface area contributed by atoms with Crippen molar-refractivity contribution in [2.75, 3.05) is 13.7 Å². The van der Waals surface area contributed by atoms with Crippen molar-refractivity contribution < 1.29 is 18.7 Å². The van der Waals surface area contributed by atoms with Gasteiger partial charge in [0, 0.05) is 5.56 Å². The van der Waals surface area contributed by atoms with Crippen LogP contribution in [-0.4, -0.2) is 25.7 Å². The molecule has 1 atom stereocenters. The Morgan fingerprint density at radius 3 is 2.61 bits per heavy atom. The maximum Gasteiger partial charge on any atom is 0.251 e. The van der Waals surface area contributed by atoms with E-state index in [-0.39, 0.29) is 23.3 Å². The summed E-state index contributed by atoms with van der Waals surface area (Å²) in [5.41, 5.74) is 1.27. The van der Waals surface area contributed by atoms with E-state index in [2.05, 4.69) is 5.32 Å². The molecule has 0 aliphatic carbocycles. The number of rotatable bonds is 6. The highest BCUT2D eigenvalue weighted by Gasteiger charge is 2.13. The van der Waals surface area contributed by atoms with E-state index >= 15 is 0 Å². The van der Waals surface area contributed by atoms with E-state index in [1.807, 2.05) is 38.1 Å². The lowest BCUT2D eigenvalue weighted by atomic mass is 10.2. The van der Waals surface area contributed by atoms with Crippen molar-refractivity contribution in [2.45, 2.75) is 19.9 Å². The fourth-order valence-corrected chi connectivity index (χ4v) is 2.09. The van der Waals surface area contributed by atoms with Crippen molar-refractivity contribution in [3.63, 3.8) is 0 Å². The molecule has 0 radical (unpaired) electrons. The first kappa shape index (κ1) is 16.8. The lowest BCUT2D eigenvalue weighted by Crippen LogP contribution is -2.36. The summed E-state index contributed by atoms with van der Waals surface area (Å²) in [6.45, 7) is 4.12. The van der Waals surface area contributed by atoms with Crippen molar-refractivity contribution in [3.05, 3.63) is 59.4 Å². The Labute approximate surface area is 135 Å². The van der Waals surface area contributed by atoms with Gasteiger partial charge in [-0.25, -0.2) is 4.39 Å². The van der Waals surface area contributed by atoms with Crippen molar-refractivity contribution in [2.24, 2.45) is 0 Å². The molecule has 2 rings (SSSR count). The zero-order valence-electron chi connectivity index (χ0n) is 13.4. The van der Waals surface area contributed by atoms with Crippen LogP contribution in [0.3, 0.4) is 0 Å². The summed E-state index contributed by atoms with van der Waals surface area (Å²) < 4.78 is 24.2. The van der Waals surface area contributed by atoms with Gasteiger partial charge in [-0.3, -0.25) is 4.79 Å². The zero-order chi connectivity index (χ0) is 16.8. The topological polar surface area (TPSA) is 47.6 Å². The van der Waals surface area contributed by atoms with Crippen LogP contribution in [0.4, 0.5) is 4.39 Å². The Kier molecular flexibility index (Phi) is 5.57. The van der Waals surface area contributed by atoms with Crippen LogP contribution < -0.4 is 14.8 Å². The van der Waals surface area contributed by atoms with Crippen LogP contribution in [0.1, 0.15) is 22.8 Å². The molecule has 5 heteroatoms. The largest absolute Gasteiger partial charge is 0.494 e. The fraction of sp³-hybridized carbons (Fsp3) is 0.278. The van der Waals surface area contributed by atoms with E-state index in [0.29, 0.717) is 6.61 Å². The summed E-state index contributed by atoms with van der Waals surface area (Å²) in [4.78, 5) is 12.1. The van der Waals surface area contributed by atoms with E-state index in [1.54, 1.807) is 0 Å². The van der Waals surface area contributed by atoms with Gasteiger partial charge in [0.15, 0.2) is 11.6 Å². The third-order valence-corrected chi connectivity index (χ3v) is 3.37. The molecule has 0 unspecified atom stereocenters. The number of para-hydroxylation sites is 1. The Balaban J connectivity index is 1.92. The van der Waals surface area contributed by atoms with Gasteiger partial charge in [-0.2, -0.15) is 0 Å². The average molecular weight is 317 g/mol. The molecule has 0 saturated carbocycles. The Hall–Kier alpha value is -2.56. The maximum atomic E-state index is 13.6. The predicted octanol–water partition coefficient (Wildman–Crippen LogP) is 3.34. The first-order valence-electron chi connectivity index (χ1n) is 7.34. The highest BCUT2D eigenvalue weighted by atomic mass is 19.1. The molecule has 0 fully saturated rings.